The molecular weight excluding hydrogens is 482 g/mol. The molecule has 3 aromatic carbocycles. The summed E-state index contributed by atoms with van der Waals surface area (Å²) >= 11 is 8.71. The maximum atomic E-state index is 12.8. The highest BCUT2D eigenvalue weighted by atomic mass is 79.9. The van der Waals surface area contributed by atoms with E-state index in [2.05, 4.69) is 31.3 Å². The van der Waals surface area contributed by atoms with Crippen molar-refractivity contribution < 1.29 is 8.42 Å². The van der Waals surface area contributed by atoms with Gasteiger partial charge < -0.3 is 10.6 Å². The Hall–Kier alpha value is -2.42. The van der Waals surface area contributed by atoms with Crippen LogP contribution in [0.15, 0.2) is 70.0 Å². The van der Waals surface area contributed by atoms with Gasteiger partial charge in [-0.25, -0.2) is 8.42 Å². The summed E-state index contributed by atoms with van der Waals surface area (Å²) in [5, 5.41) is 6.55. The zero-order valence-electron chi connectivity index (χ0n) is 16.8. The number of hydrogen-bond donors (Lipinski definition) is 3. The minimum absolute atomic E-state index is 0.180. The predicted molar refractivity (Wildman–Crippen MR) is 132 cm³/mol. The van der Waals surface area contributed by atoms with Crippen LogP contribution in [0.1, 0.15) is 16.7 Å². The predicted octanol–water partition coefficient (Wildman–Crippen LogP) is 5.98. The average Bonchev–Trinajstić information content (AvgIpc) is 2.67. The van der Waals surface area contributed by atoms with Crippen LogP contribution in [-0.2, 0) is 10.0 Å². The van der Waals surface area contributed by atoms with Gasteiger partial charge >= 0.3 is 0 Å². The number of rotatable bonds is 5. The third-order valence-corrected chi connectivity index (χ3v) is 6.54. The average molecular weight is 504 g/mol. The molecule has 0 saturated heterocycles. The Morgan fingerprint density at radius 1 is 0.833 bits per heavy atom. The van der Waals surface area contributed by atoms with Gasteiger partial charge in [-0.3, -0.25) is 4.72 Å². The van der Waals surface area contributed by atoms with E-state index in [1.807, 2.05) is 57.2 Å². The van der Waals surface area contributed by atoms with Crippen LogP contribution in [0, 0.1) is 20.8 Å². The molecule has 0 heterocycles. The molecule has 0 bridgehead atoms. The maximum Gasteiger partial charge on any atom is 0.261 e. The molecule has 0 fully saturated rings. The molecule has 0 amide bonds. The highest BCUT2D eigenvalue weighted by Crippen LogP contribution is 2.25. The van der Waals surface area contributed by atoms with Crippen LogP contribution in [0.5, 0.6) is 0 Å². The molecule has 0 aliphatic rings. The van der Waals surface area contributed by atoms with Crippen LogP contribution >= 0.6 is 28.1 Å². The minimum Gasteiger partial charge on any atom is -0.332 e. The molecule has 0 aliphatic carbocycles. The third kappa shape index (κ3) is 5.59. The molecule has 3 rings (SSSR count). The van der Waals surface area contributed by atoms with Crippen molar-refractivity contribution in [2.75, 3.05) is 15.4 Å². The standard InChI is InChI=1S/C22H22BrN3O2S2/c1-14-12-15(2)21(16(3)13-14)26-30(27,28)20-10-8-19(9-11-20)25-22(29)24-18-6-4-17(23)5-7-18/h4-13,26H,1-3H3,(H2,24,25,29). The smallest absolute Gasteiger partial charge is 0.261 e. The number of sulfonamides is 1. The van der Waals surface area contributed by atoms with Gasteiger partial charge in [0.15, 0.2) is 5.11 Å². The second-order valence-corrected chi connectivity index (χ2v) is 10.00. The lowest BCUT2D eigenvalue weighted by molar-refractivity contribution is 0.601. The van der Waals surface area contributed by atoms with E-state index in [4.69, 9.17) is 12.2 Å². The number of halogens is 1. The summed E-state index contributed by atoms with van der Waals surface area (Å²) in [5.74, 6) is 0. The Labute approximate surface area is 191 Å². The molecule has 0 atom stereocenters. The first-order valence-electron chi connectivity index (χ1n) is 9.18. The first-order chi connectivity index (χ1) is 14.1. The normalized spacial score (nSPS) is 11.1. The molecule has 0 radical (unpaired) electrons. The Morgan fingerprint density at radius 2 is 1.30 bits per heavy atom. The summed E-state index contributed by atoms with van der Waals surface area (Å²) in [6.07, 6.45) is 0. The summed E-state index contributed by atoms with van der Waals surface area (Å²) in [6, 6.07) is 18.0. The molecule has 0 aliphatic heterocycles. The van der Waals surface area contributed by atoms with Crippen molar-refractivity contribution in [1.82, 2.24) is 0 Å². The van der Waals surface area contributed by atoms with Gasteiger partial charge in [-0.15, -0.1) is 0 Å². The molecule has 0 aromatic heterocycles. The van der Waals surface area contributed by atoms with E-state index >= 15 is 0 Å². The van der Waals surface area contributed by atoms with Crippen molar-refractivity contribution in [3.8, 4) is 0 Å². The van der Waals surface area contributed by atoms with Crippen molar-refractivity contribution in [2.45, 2.75) is 25.7 Å². The fourth-order valence-corrected chi connectivity index (χ4v) is 4.78. The quantitative estimate of drug-likeness (QED) is 0.373. The van der Waals surface area contributed by atoms with Crippen molar-refractivity contribution in [3.05, 3.63) is 81.8 Å². The van der Waals surface area contributed by atoms with Gasteiger partial charge in [0.25, 0.3) is 10.0 Å². The van der Waals surface area contributed by atoms with Gasteiger partial charge in [-0.1, -0.05) is 33.6 Å². The van der Waals surface area contributed by atoms with E-state index in [0.717, 1.165) is 26.9 Å². The van der Waals surface area contributed by atoms with Gasteiger partial charge in [0.1, 0.15) is 0 Å². The number of thiocarbonyl (C=S) groups is 1. The lowest BCUT2D eigenvalue weighted by Gasteiger charge is -2.15. The Bertz CT molecular complexity index is 1150. The molecule has 0 unspecified atom stereocenters. The largest absolute Gasteiger partial charge is 0.332 e. The van der Waals surface area contributed by atoms with E-state index in [1.165, 1.54) is 0 Å². The van der Waals surface area contributed by atoms with Gasteiger partial charge in [0.2, 0.25) is 0 Å². The minimum atomic E-state index is -3.70. The van der Waals surface area contributed by atoms with Crippen LogP contribution in [0.3, 0.4) is 0 Å². The van der Waals surface area contributed by atoms with Gasteiger partial charge in [-0.2, -0.15) is 0 Å². The van der Waals surface area contributed by atoms with E-state index < -0.39 is 10.0 Å². The molecule has 0 spiro atoms. The molecule has 5 nitrogen and oxygen atoms in total. The van der Waals surface area contributed by atoms with E-state index in [-0.39, 0.29) is 4.90 Å². The molecule has 156 valence electrons. The number of aryl methyl sites for hydroxylation is 3. The molecule has 30 heavy (non-hydrogen) atoms. The SMILES string of the molecule is Cc1cc(C)c(NS(=O)(=O)c2ccc(NC(=S)Nc3ccc(Br)cc3)cc2)c(C)c1. The topological polar surface area (TPSA) is 70.2 Å². The molecule has 0 saturated carbocycles. The van der Waals surface area contributed by atoms with Gasteiger partial charge in [-0.05, 0) is 92.6 Å². The Balaban J connectivity index is 1.70. The first-order valence-corrected chi connectivity index (χ1v) is 11.9. The molecule has 3 N–H and O–H groups in total. The number of benzene rings is 3. The van der Waals surface area contributed by atoms with Gasteiger partial charge in [0.05, 0.1) is 10.6 Å². The second kappa shape index (κ2) is 9.16. The van der Waals surface area contributed by atoms with Crippen molar-refractivity contribution >= 4 is 60.3 Å². The molecule has 3 aromatic rings. The van der Waals surface area contributed by atoms with Crippen LogP contribution in [0.4, 0.5) is 17.1 Å². The third-order valence-electron chi connectivity index (χ3n) is 4.44. The highest BCUT2D eigenvalue weighted by molar-refractivity contribution is 9.10. The maximum absolute atomic E-state index is 12.8. The monoisotopic (exact) mass is 503 g/mol. The van der Waals surface area contributed by atoms with Crippen LogP contribution in [0.25, 0.3) is 0 Å². The number of hydrogen-bond acceptors (Lipinski definition) is 3. The summed E-state index contributed by atoms with van der Waals surface area (Å²) in [5.41, 5.74) is 5.02. The zero-order chi connectivity index (χ0) is 21.9. The summed E-state index contributed by atoms with van der Waals surface area (Å²) in [6.45, 7) is 5.77. The summed E-state index contributed by atoms with van der Waals surface area (Å²) in [4.78, 5) is 0.180. The first kappa shape index (κ1) is 22.3. The van der Waals surface area contributed by atoms with Crippen molar-refractivity contribution in [1.29, 1.82) is 0 Å². The molecule has 8 heteroatoms. The Kier molecular flexibility index (Phi) is 6.80. The lowest BCUT2D eigenvalue weighted by atomic mass is 10.1. The Morgan fingerprint density at radius 3 is 1.80 bits per heavy atom. The van der Waals surface area contributed by atoms with Crippen LogP contribution in [0.2, 0.25) is 0 Å². The van der Waals surface area contributed by atoms with Crippen molar-refractivity contribution in [3.63, 3.8) is 0 Å². The molecular formula is C22H22BrN3O2S2. The lowest BCUT2D eigenvalue weighted by Crippen LogP contribution is -2.19. The fraction of sp³-hybridized carbons (Fsp3) is 0.136. The highest BCUT2D eigenvalue weighted by Gasteiger charge is 2.17. The summed E-state index contributed by atoms with van der Waals surface area (Å²) < 4.78 is 29.3. The van der Waals surface area contributed by atoms with E-state index in [1.54, 1.807) is 24.3 Å². The summed E-state index contributed by atoms with van der Waals surface area (Å²) in [7, 11) is -3.70. The fourth-order valence-electron chi connectivity index (χ4n) is 3.08. The van der Waals surface area contributed by atoms with Crippen LogP contribution < -0.4 is 15.4 Å². The van der Waals surface area contributed by atoms with Crippen LogP contribution in [-0.4, -0.2) is 13.5 Å². The second-order valence-electron chi connectivity index (χ2n) is 6.99. The van der Waals surface area contributed by atoms with Crippen molar-refractivity contribution in [2.24, 2.45) is 0 Å². The number of nitrogens with one attached hydrogen (secondary N) is 3. The van der Waals surface area contributed by atoms with E-state index in [0.29, 0.717) is 16.5 Å². The van der Waals surface area contributed by atoms with Gasteiger partial charge in [0, 0.05) is 15.8 Å². The zero-order valence-corrected chi connectivity index (χ0v) is 20.0. The number of anilines is 3. The van der Waals surface area contributed by atoms with E-state index in [9.17, 15) is 8.42 Å².